The van der Waals surface area contributed by atoms with Crippen LogP contribution in [0.5, 0.6) is 0 Å². The Kier molecular flexibility index (Phi) is 12.1. The Morgan fingerprint density at radius 2 is 1.68 bits per heavy atom. The molecule has 0 saturated heterocycles. The zero-order valence-corrected chi connectivity index (χ0v) is 12.9. The molecule has 1 unspecified atom stereocenters. The SMILES string of the molecule is O=P(O)(OC=C(Cl)Cl)OCCCCOCCCCO. The topological polar surface area (TPSA) is 85.2 Å². The van der Waals surface area contributed by atoms with Gasteiger partial charge in [-0.25, -0.2) is 4.57 Å². The van der Waals surface area contributed by atoms with E-state index < -0.39 is 7.82 Å². The van der Waals surface area contributed by atoms with Gasteiger partial charge in [-0.15, -0.1) is 0 Å². The Morgan fingerprint density at radius 1 is 1.11 bits per heavy atom. The van der Waals surface area contributed by atoms with E-state index in [9.17, 15) is 4.57 Å². The predicted molar refractivity (Wildman–Crippen MR) is 73.0 cm³/mol. The molecule has 0 fully saturated rings. The van der Waals surface area contributed by atoms with Gasteiger partial charge in [0.15, 0.2) is 0 Å². The lowest BCUT2D eigenvalue weighted by Gasteiger charge is -2.10. The molecule has 0 aliphatic heterocycles. The average molecular weight is 337 g/mol. The molecule has 0 heterocycles. The third kappa shape index (κ3) is 14.4. The van der Waals surface area contributed by atoms with Gasteiger partial charge in [-0.2, -0.15) is 0 Å². The van der Waals surface area contributed by atoms with Crippen molar-refractivity contribution >= 4 is 31.0 Å². The molecule has 0 amide bonds. The van der Waals surface area contributed by atoms with E-state index in [1.54, 1.807) is 0 Å². The van der Waals surface area contributed by atoms with E-state index in [4.69, 9.17) is 37.9 Å². The number of hydrogen-bond acceptors (Lipinski definition) is 5. The van der Waals surface area contributed by atoms with Gasteiger partial charge in [0.05, 0.1) is 6.61 Å². The lowest BCUT2D eigenvalue weighted by Crippen LogP contribution is -2.00. The largest absolute Gasteiger partial charge is 0.526 e. The molecule has 0 aromatic carbocycles. The van der Waals surface area contributed by atoms with Crippen LogP contribution in [0.4, 0.5) is 0 Å². The van der Waals surface area contributed by atoms with Crippen LogP contribution in [0.1, 0.15) is 25.7 Å². The van der Waals surface area contributed by atoms with Gasteiger partial charge in [0.1, 0.15) is 10.8 Å². The van der Waals surface area contributed by atoms with Crippen molar-refractivity contribution in [2.45, 2.75) is 25.7 Å². The van der Waals surface area contributed by atoms with E-state index in [1.807, 2.05) is 0 Å². The summed E-state index contributed by atoms with van der Waals surface area (Å²) in [6, 6.07) is 0. The summed E-state index contributed by atoms with van der Waals surface area (Å²) in [5.74, 6) is 0. The summed E-state index contributed by atoms with van der Waals surface area (Å²) in [4.78, 5) is 9.16. The van der Waals surface area contributed by atoms with Gasteiger partial charge in [0, 0.05) is 19.8 Å². The van der Waals surface area contributed by atoms with Crippen LogP contribution >= 0.6 is 31.0 Å². The highest BCUT2D eigenvalue weighted by Crippen LogP contribution is 2.44. The normalized spacial score (nSPS) is 13.9. The fourth-order valence-corrected chi connectivity index (χ4v) is 1.91. The van der Waals surface area contributed by atoms with Crippen molar-refractivity contribution < 1.29 is 28.3 Å². The Labute approximate surface area is 122 Å². The molecule has 0 aliphatic carbocycles. The van der Waals surface area contributed by atoms with Crippen molar-refractivity contribution in [1.29, 1.82) is 0 Å². The molecule has 19 heavy (non-hydrogen) atoms. The van der Waals surface area contributed by atoms with E-state index in [0.717, 1.165) is 19.1 Å². The van der Waals surface area contributed by atoms with Crippen LogP contribution in [0.3, 0.4) is 0 Å². The molecule has 0 radical (unpaired) electrons. The van der Waals surface area contributed by atoms with Crippen LogP contribution in [0.2, 0.25) is 0 Å². The monoisotopic (exact) mass is 336 g/mol. The summed E-state index contributed by atoms with van der Waals surface area (Å²) in [7, 11) is -4.13. The number of hydrogen-bond donors (Lipinski definition) is 2. The second kappa shape index (κ2) is 12.0. The number of ether oxygens (including phenoxy) is 1. The van der Waals surface area contributed by atoms with Crippen molar-refractivity contribution in [3.8, 4) is 0 Å². The van der Waals surface area contributed by atoms with Gasteiger partial charge >= 0.3 is 7.82 Å². The highest BCUT2D eigenvalue weighted by Gasteiger charge is 2.20. The first-order chi connectivity index (χ1) is 8.98. The van der Waals surface area contributed by atoms with Gasteiger partial charge in [-0.1, -0.05) is 23.2 Å². The first-order valence-electron chi connectivity index (χ1n) is 5.83. The van der Waals surface area contributed by atoms with E-state index >= 15 is 0 Å². The van der Waals surface area contributed by atoms with Gasteiger partial charge < -0.3 is 14.4 Å². The maximum atomic E-state index is 11.2. The van der Waals surface area contributed by atoms with Crippen molar-refractivity contribution in [2.24, 2.45) is 0 Å². The Balaban J connectivity index is 3.43. The number of unbranched alkanes of at least 4 members (excludes halogenated alkanes) is 2. The minimum Gasteiger partial charge on any atom is -0.410 e. The van der Waals surface area contributed by atoms with Crippen LogP contribution in [0.25, 0.3) is 0 Å². The van der Waals surface area contributed by atoms with Gasteiger partial charge in [-0.05, 0) is 25.7 Å². The Morgan fingerprint density at radius 3 is 2.26 bits per heavy atom. The van der Waals surface area contributed by atoms with E-state index in [-0.39, 0.29) is 17.7 Å². The number of phosphoric ester groups is 1. The minimum atomic E-state index is -4.13. The number of aliphatic hydroxyl groups is 1. The molecule has 0 rings (SSSR count). The molecular weight excluding hydrogens is 318 g/mol. The first kappa shape index (κ1) is 19.2. The van der Waals surface area contributed by atoms with Crippen LogP contribution in [-0.4, -0.2) is 36.4 Å². The third-order valence-corrected chi connectivity index (χ3v) is 2.97. The summed E-state index contributed by atoms with van der Waals surface area (Å²) in [6.45, 7) is 1.38. The molecule has 0 aromatic rings. The highest BCUT2D eigenvalue weighted by atomic mass is 35.5. The molecule has 6 nitrogen and oxygen atoms in total. The second-order valence-corrected chi connectivity index (χ2v) is 5.98. The second-order valence-electron chi connectivity index (χ2n) is 3.56. The average Bonchev–Trinajstić information content (AvgIpc) is 2.34. The Hall–Kier alpha value is 0.190. The van der Waals surface area contributed by atoms with Gasteiger partial charge in [-0.3, -0.25) is 9.42 Å². The van der Waals surface area contributed by atoms with Crippen molar-refractivity contribution in [2.75, 3.05) is 26.4 Å². The third-order valence-electron chi connectivity index (χ3n) is 1.91. The maximum Gasteiger partial charge on any atom is 0.526 e. The maximum absolute atomic E-state index is 11.2. The number of aliphatic hydroxyl groups excluding tert-OH is 1. The molecule has 2 N–H and O–H groups in total. The minimum absolute atomic E-state index is 0.0710. The smallest absolute Gasteiger partial charge is 0.410 e. The fraction of sp³-hybridized carbons (Fsp3) is 0.800. The number of phosphoric acid groups is 1. The van der Waals surface area contributed by atoms with E-state index in [1.165, 1.54) is 0 Å². The van der Waals surface area contributed by atoms with Crippen LogP contribution in [0.15, 0.2) is 10.8 Å². The standard InChI is InChI=1S/C10H19Cl2O6P/c11-10(12)9-18-19(14,15)17-8-4-3-7-16-6-2-1-5-13/h9,13H,1-8H2,(H,14,15). The fourth-order valence-electron chi connectivity index (χ4n) is 1.04. The summed E-state index contributed by atoms with van der Waals surface area (Å²) in [5, 5.41) is 8.54. The molecular formula is C10H19Cl2O6P. The summed E-state index contributed by atoms with van der Waals surface area (Å²) in [6.07, 6.45) is 3.55. The van der Waals surface area contributed by atoms with Crippen molar-refractivity contribution in [3.63, 3.8) is 0 Å². The number of halogens is 2. The molecule has 9 heteroatoms. The molecule has 1 atom stereocenters. The zero-order valence-electron chi connectivity index (χ0n) is 10.5. The quantitative estimate of drug-likeness (QED) is 0.324. The summed E-state index contributed by atoms with van der Waals surface area (Å²) in [5.41, 5.74) is 0. The lowest BCUT2D eigenvalue weighted by molar-refractivity contribution is 0.115. The molecule has 0 spiro atoms. The molecule has 0 aliphatic rings. The van der Waals surface area contributed by atoms with Crippen LogP contribution < -0.4 is 0 Å². The highest BCUT2D eigenvalue weighted by molar-refractivity contribution is 7.47. The zero-order chi connectivity index (χ0) is 14.6. The van der Waals surface area contributed by atoms with E-state index in [0.29, 0.717) is 26.1 Å². The first-order valence-corrected chi connectivity index (χ1v) is 8.08. The summed E-state index contributed by atoms with van der Waals surface area (Å²) >= 11 is 10.4. The summed E-state index contributed by atoms with van der Waals surface area (Å²) < 4.78 is 25.3. The van der Waals surface area contributed by atoms with Crippen LogP contribution in [-0.2, 0) is 18.3 Å². The van der Waals surface area contributed by atoms with Gasteiger partial charge in [0.25, 0.3) is 0 Å². The van der Waals surface area contributed by atoms with Crippen LogP contribution in [0, 0.1) is 0 Å². The molecule has 0 aromatic heterocycles. The van der Waals surface area contributed by atoms with Crippen molar-refractivity contribution in [1.82, 2.24) is 0 Å². The molecule has 0 bridgehead atoms. The lowest BCUT2D eigenvalue weighted by atomic mass is 10.3. The van der Waals surface area contributed by atoms with E-state index in [2.05, 4.69) is 9.05 Å². The predicted octanol–water partition coefficient (Wildman–Crippen LogP) is 2.97. The Bertz CT molecular complexity index is 296. The molecule has 0 saturated carbocycles. The molecule has 114 valence electrons. The van der Waals surface area contributed by atoms with Gasteiger partial charge in [0.2, 0.25) is 0 Å². The number of rotatable bonds is 12. The van der Waals surface area contributed by atoms with Crippen molar-refractivity contribution in [3.05, 3.63) is 10.8 Å².